The number of nitrogens with one attached hydrogen (secondary N) is 1. The van der Waals surface area contributed by atoms with Crippen LogP contribution in [0.2, 0.25) is 0 Å². The zero-order valence-electron chi connectivity index (χ0n) is 14.3. The number of hydrogen-bond donors (Lipinski definition) is 1. The van der Waals surface area contributed by atoms with Crippen molar-refractivity contribution in [1.82, 2.24) is 5.32 Å². The van der Waals surface area contributed by atoms with E-state index in [9.17, 15) is 22.8 Å². The average Bonchev–Trinajstić information content (AvgIpc) is 2.62. The molecule has 0 atom stereocenters. The molecule has 2 aromatic rings. The molecule has 0 spiro atoms. The average molecular weight is 364 g/mol. The summed E-state index contributed by atoms with van der Waals surface area (Å²) in [6.45, 7) is 1.44. The largest absolute Gasteiger partial charge is 0.356 e. The first kappa shape index (κ1) is 19.5. The Kier molecular flexibility index (Phi) is 6.77. The van der Waals surface area contributed by atoms with Crippen LogP contribution in [0.4, 0.5) is 18.9 Å². The molecule has 1 N–H and O–H groups in total. The molecule has 138 valence electrons. The van der Waals surface area contributed by atoms with Crippen LogP contribution in [0, 0.1) is 17.5 Å². The highest BCUT2D eigenvalue weighted by atomic mass is 19.2. The third kappa shape index (κ3) is 5.08. The van der Waals surface area contributed by atoms with Gasteiger partial charge in [0.25, 0.3) is 0 Å². The van der Waals surface area contributed by atoms with E-state index in [0.29, 0.717) is 13.0 Å². The molecule has 0 saturated heterocycles. The van der Waals surface area contributed by atoms with E-state index in [0.717, 1.165) is 29.5 Å². The van der Waals surface area contributed by atoms with Gasteiger partial charge in [0.2, 0.25) is 11.8 Å². The van der Waals surface area contributed by atoms with E-state index in [1.165, 1.54) is 0 Å². The maximum Gasteiger partial charge on any atom is 0.223 e. The SMILES string of the molecule is CC(=O)N(CCC(=O)NCCc1ccccc1)c1ccc(F)c(F)c1F. The second-order valence-electron chi connectivity index (χ2n) is 5.70. The topological polar surface area (TPSA) is 49.4 Å². The third-order valence-electron chi connectivity index (χ3n) is 3.83. The molecule has 0 aromatic heterocycles. The lowest BCUT2D eigenvalue weighted by atomic mass is 10.1. The van der Waals surface area contributed by atoms with Gasteiger partial charge < -0.3 is 10.2 Å². The van der Waals surface area contributed by atoms with Gasteiger partial charge in [0.1, 0.15) is 0 Å². The molecule has 7 heteroatoms. The zero-order chi connectivity index (χ0) is 19.1. The molecule has 0 aliphatic carbocycles. The highest BCUT2D eigenvalue weighted by Gasteiger charge is 2.21. The minimum Gasteiger partial charge on any atom is -0.356 e. The lowest BCUT2D eigenvalue weighted by molar-refractivity contribution is -0.121. The van der Waals surface area contributed by atoms with Crippen LogP contribution in [-0.4, -0.2) is 24.9 Å². The maximum atomic E-state index is 13.9. The van der Waals surface area contributed by atoms with Gasteiger partial charge >= 0.3 is 0 Å². The molecular weight excluding hydrogens is 345 g/mol. The van der Waals surface area contributed by atoms with Crippen LogP contribution in [0.15, 0.2) is 42.5 Å². The minimum absolute atomic E-state index is 0.0905. The molecule has 0 saturated carbocycles. The van der Waals surface area contributed by atoms with Crippen molar-refractivity contribution in [1.29, 1.82) is 0 Å². The van der Waals surface area contributed by atoms with Crippen molar-refractivity contribution in [2.45, 2.75) is 19.8 Å². The summed E-state index contributed by atoms with van der Waals surface area (Å²) in [6.07, 6.45) is 0.563. The third-order valence-corrected chi connectivity index (χ3v) is 3.83. The lowest BCUT2D eigenvalue weighted by Crippen LogP contribution is -2.35. The van der Waals surface area contributed by atoms with Gasteiger partial charge in [0.05, 0.1) is 5.69 Å². The van der Waals surface area contributed by atoms with Crippen LogP contribution < -0.4 is 10.2 Å². The Morgan fingerprint density at radius 2 is 1.69 bits per heavy atom. The molecule has 0 radical (unpaired) electrons. The fourth-order valence-electron chi connectivity index (χ4n) is 2.46. The van der Waals surface area contributed by atoms with Crippen LogP contribution in [0.3, 0.4) is 0 Å². The number of rotatable bonds is 7. The summed E-state index contributed by atoms with van der Waals surface area (Å²) in [5.74, 6) is -5.35. The van der Waals surface area contributed by atoms with Gasteiger partial charge in [-0.1, -0.05) is 30.3 Å². The molecule has 0 aliphatic rings. The van der Waals surface area contributed by atoms with E-state index in [1.54, 1.807) is 0 Å². The summed E-state index contributed by atoms with van der Waals surface area (Å²) in [5, 5.41) is 2.71. The quantitative estimate of drug-likeness (QED) is 0.767. The highest BCUT2D eigenvalue weighted by Crippen LogP contribution is 2.24. The Morgan fingerprint density at radius 3 is 2.35 bits per heavy atom. The number of carbonyl (C=O) groups excluding carboxylic acids is 2. The Morgan fingerprint density at radius 1 is 1.00 bits per heavy atom. The van der Waals surface area contributed by atoms with Crippen LogP contribution >= 0.6 is 0 Å². The summed E-state index contributed by atoms with van der Waals surface area (Å²) in [7, 11) is 0. The molecule has 4 nitrogen and oxygen atoms in total. The maximum absolute atomic E-state index is 13.9. The summed E-state index contributed by atoms with van der Waals surface area (Å²) in [6, 6.07) is 11.3. The van der Waals surface area contributed by atoms with Crippen molar-refractivity contribution in [3.8, 4) is 0 Å². The molecule has 0 unspecified atom stereocenters. The number of amides is 2. The van der Waals surface area contributed by atoms with E-state index in [-0.39, 0.29) is 18.9 Å². The molecule has 0 aliphatic heterocycles. The van der Waals surface area contributed by atoms with Gasteiger partial charge in [0, 0.05) is 26.4 Å². The van der Waals surface area contributed by atoms with Crippen LogP contribution in [0.25, 0.3) is 0 Å². The smallest absolute Gasteiger partial charge is 0.223 e. The molecule has 26 heavy (non-hydrogen) atoms. The number of carbonyl (C=O) groups is 2. The predicted molar refractivity (Wildman–Crippen MR) is 92.1 cm³/mol. The van der Waals surface area contributed by atoms with E-state index in [2.05, 4.69) is 5.32 Å². The molecule has 0 fully saturated rings. The minimum atomic E-state index is -1.65. The van der Waals surface area contributed by atoms with E-state index in [4.69, 9.17) is 0 Å². The Balaban J connectivity index is 1.91. The molecule has 2 aromatic carbocycles. The fraction of sp³-hybridized carbons (Fsp3) is 0.263. The molecule has 2 amide bonds. The second kappa shape index (κ2) is 9.03. The first-order chi connectivity index (χ1) is 12.4. The second-order valence-corrected chi connectivity index (χ2v) is 5.70. The fourth-order valence-corrected chi connectivity index (χ4v) is 2.46. The normalized spacial score (nSPS) is 10.5. The van der Waals surface area contributed by atoms with Crippen molar-refractivity contribution < 1.29 is 22.8 Å². The van der Waals surface area contributed by atoms with Crippen molar-refractivity contribution >= 4 is 17.5 Å². The van der Waals surface area contributed by atoms with Gasteiger partial charge in [-0.05, 0) is 24.1 Å². The van der Waals surface area contributed by atoms with Crippen molar-refractivity contribution in [3.63, 3.8) is 0 Å². The first-order valence-electron chi connectivity index (χ1n) is 8.12. The molecule has 0 heterocycles. The first-order valence-corrected chi connectivity index (χ1v) is 8.12. The van der Waals surface area contributed by atoms with Gasteiger partial charge in [-0.15, -0.1) is 0 Å². The summed E-state index contributed by atoms with van der Waals surface area (Å²) >= 11 is 0. The Hall–Kier alpha value is -2.83. The van der Waals surface area contributed by atoms with E-state index < -0.39 is 29.0 Å². The van der Waals surface area contributed by atoms with Crippen LogP contribution in [0.5, 0.6) is 0 Å². The number of hydrogen-bond acceptors (Lipinski definition) is 2. The van der Waals surface area contributed by atoms with Crippen molar-refractivity contribution in [3.05, 3.63) is 65.5 Å². The number of benzene rings is 2. The van der Waals surface area contributed by atoms with Gasteiger partial charge in [-0.2, -0.15) is 0 Å². The Bertz CT molecular complexity index is 782. The van der Waals surface area contributed by atoms with E-state index in [1.807, 2.05) is 30.3 Å². The number of anilines is 1. The summed E-state index contributed by atoms with van der Waals surface area (Å²) in [5.41, 5.74) is 0.676. The zero-order valence-corrected chi connectivity index (χ0v) is 14.3. The van der Waals surface area contributed by atoms with Gasteiger partial charge in [0.15, 0.2) is 17.5 Å². The number of halogens is 3. The highest BCUT2D eigenvalue weighted by molar-refractivity contribution is 5.92. The molecular formula is C19H19F3N2O2. The van der Waals surface area contributed by atoms with E-state index >= 15 is 0 Å². The van der Waals surface area contributed by atoms with Crippen LogP contribution in [0.1, 0.15) is 18.9 Å². The predicted octanol–water partition coefficient (Wildman–Crippen LogP) is 3.21. The standard InChI is InChI=1S/C19H19F3N2O2/c1-13(25)24(16-8-7-15(20)18(21)19(16)22)12-10-17(26)23-11-9-14-5-3-2-4-6-14/h2-8H,9-12H2,1H3,(H,23,26). The summed E-state index contributed by atoms with van der Waals surface area (Å²) in [4.78, 5) is 24.5. The Labute approximate surface area is 149 Å². The summed E-state index contributed by atoms with van der Waals surface area (Å²) < 4.78 is 40.3. The van der Waals surface area contributed by atoms with Gasteiger partial charge in [-0.3, -0.25) is 9.59 Å². The van der Waals surface area contributed by atoms with Gasteiger partial charge in [-0.25, -0.2) is 13.2 Å². The van der Waals surface area contributed by atoms with Crippen molar-refractivity contribution in [2.75, 3.05) is 18.0 Å². The molecule has 2 rings (SSSR count). The lowest BCUT2D eigenvalue weighted by Gasteiger charge is -2.21. The molecule has 0 bridgehead atoms. The van der Waals surface area contributed by atoms with Crippen molar-refractivity contribution in [2.24, 2.45) is 0 Å². The van der Waals surface area contributed by atoms with Crippen LogP contribution in [-0.2, 0) is 16.0 Å². The monoisotopic (exact) mass is 364 g/mol. The number of nitrogens with zero attached hydrogens (tertiary/aromatic N) is 1.